The molecule has 0 aliphatic rings. The van der Waals surface area contributed by atoms with Gasteiger partial charge in [-0.15, -0.1) is 5.10 Å². The molecule has 6 heteroatoms. The van der Waals surface area contributed by atoms with E-state index in [1.54, 1.807) is 18.2 Å². The Labute approximate surface area is 78.4 Å². The van der Waals surface area contributed by atoms with Crippen molar-refractivity contribution in [3.63, 3.8) is 0 Å². The zero-order chi connectivity index (χ0) is 10.1. The Bertz CT molecular complexity index is 520. The van der Waals surface area contributed by atoms with Gasteiger partial charge in [-0.25, -0.2) is 5.10 Å². The van der Waals surface area contributed by atoms with Crippen LogP contribution in [0.5, 0.6) is 0 Å². The van der Waals surface area contributed by atoms with Gasteiger partial charge < -0.3 is 10.8 Å². The average molecular weight is 192 g/mol. The second kappa shape index (κ2) is 3.17. The highest BCUT2D eigenvalue weighted by Gasteiger charge is 2.09. The summed E-state index contributed by atoms with van der Waals surface area (Å²) in [6, 6.07) is 4.82. The van der Waals surface area contributed by atoms with Crippen molar-refractivity contribution in [2.45, 2.75) is 6.23 Å². The van der Waals surface area contributed by atoms with Gasteiger partial charge in [0.2, 0.25) is 0 Å². The lowest BCUT2D eigenvalue weighted by molar-refractivity contribution is 0.187. The summed E-state index contributed by atoms with van der Waals surface area (Å²) in [6.07, 6.45) is -1.16. The predicted octanol–water partition coefficient (Wildman–Crippen LogP) is -0.732. The second-order valence-corrected chi connectivity index (χ2v) is 2.83. The summed E-state index contributed by atoms with van der Waals surface area (Å²) in [5.41, 5.74) is 5.67. The van der Waals surface area contributed by atoms with E-state index in [0.29, 0.717) is 16.5 Å². The molecule has 1 aromatic carbocycles. The van der Waals surface area contributed by atoms with E-state index in [2.05, 4.69) is 15.4 Å². The molecule has 0 aliphatic carbocycles. The predicted molar refractivity (Wildman–Crippen MR) is 49.3 cm³/mol. The molecular weight excluding hydrogens is 184 g/mol. The summed E-state index contributed by atoms with van der Waals surface area (Å²) in [6.45, 7) is 0. The van der Waals surface area contributed by atoms with E-state index in [-0.39, 0.29) is 5.56 Å². The summed E-state index contributed by atoms with van der Waals surface area (Å²) in [4.78, 5) is 11.3. The first-order valence-electron chi connectivity index (χ1n) is 3.98. The van der Waals surface area contributed by atoms with Crippen molar-refractivity contribution in [3.8, 4) is 0 Å². The van der Waals surface area contributed by atoms with Gasteiger partial charge in [0.25, 0.3) is 5.56 Å². The Morgan fingerprint density at radius 3 is 3.00 bits per heavy atom. The first-order valence-corrected chi connectivity index (χ1v) is 3.98. The molecule has 14 heavy (non-hydrogen) atoms. The van der Waals surface area contributed by atoms with Crippen LogP contribution in [0.1, 0.15) is 11.8 Å². The number of hydrogen-bond donors (Lipinski definition) is 3. The lowest BCUT2D eigenvalue weighted by atomic mass is 10.1. The quantitative estimate of drug-likeness (QED) is 0.516. The number of fused-ring (bicyclic) bond motifs is 1. The maximum Gasteiger partial charge on any atom is 0.275 e. The zero-order valence-corrected chi connectivity index (χ0v) is 7.14. The third-order valence-electron chi connectivity index (χ3n) is 1.93. The fourth-order valence-electron chi connectivity index (χ4n) is 1.28. The van der Waals surface area contributed by atoms with Crippen molar-refractivity contribution in [1.29, 1.82) is 0 Å². The highest BCUT2D eigenvalue weighted by Crippen LogP contribution is 2.15. The van der Waals surface area contributed by atoms with E-state index < -0.39 is 6.23 Å². The number of nitrogens with two attached hydrogens (primary N) is 1. The van der Waals surface area contributed by atoms with Crippen LogP contribution in [0.3, 0.4) is 0 Å². The third kappa shape index (κ3) is 1.26. The molecule has 1 heterocycles. The van der Waals surface area contributed by atoms with Gasteiger partial charge in [0.15, 0.2) is 0 Å². The van der Waals surface area contributed by atoms with Crippen LogP contribution in [0, 0.1) is 0 Å². The van der Waals surface area contributed by atoms with Gasteiger partial charge in [0.05, 0.1) is 5.39 Å². The largest absolute Gasteiger partial charge is 0.374 e. The van der Waals surface area contributed by atoms with E-state index in [4.69, 9.17) is 5.73 Å². The summed E-state index contributed by atoms with van der Waals surface area (Å²) < 4.78 is 0. The highest BCUT2D eigenvalue weighted by atomic mass is 16.3. The summed E-state index contributed by atoms with van der Waals surface area (Å²) >= 11 is 0. The molecular formula is C8H8N4O2. The molecule has 0 saturated heterocycles. The van der Waals surface area contributed by atoms with Crippen LogP contribution in [0.25, 0.3) is 10.9 Å². The minimum Gasteiger partial charge on any atom is -0.374 e. The molecule has 72 valence electrons. The molecule has 0 amide bonds. The number of nitrogens with one attached hydrogen (secondary N) is 1. The number of nitrogens with zero attached hydrogens (tertiary/aromatic N) is 2. The third-order valence-corrected chi connectivity index (χ3v) is 1.93. The molecule has 0 radical (unpaired) electrons. The standard InChI is InChI=1S/C8H8N4O2/c9-7(13)4-2-1-3-5-6(4)10-12-11-8(5)14/h1-3,7,13H,9H2,(H,10,11,14). The van der Waals surface area contributed by atoms with Gasteiger partial charge >= 0.3 is 0 Å². The van der Waals surface area contributed by atoms with Crippen LogP contribution in [0.15, 0.2) is 23.0 Å². The van der Waals surface area contributed by atoms with Crippen LogP contribution in [0.2, 0.25) is 0 Å². The molecule has 0 saturated carbocycles. The monoisotopic (exact) mass is 192 g/mol. The summed E-state index contributed by atoms with van der Waals surface area (Å²) in [5.74, 6) is 0. The van der Waals surface area contributed by atoms with Crippen molar-refractivity contribution >= 4 is 10.9 Å². The topological polar surface area (TPSA) is 105 Å². The van der Waals surface area contributed by atoms with Crippen molar-refractivity contribution in [2.75, 3.05) is 0 Å². The van der Waals surface area contributed by atoms with Crippen molar-refractivity contribution in [2.24, 2.45) is 5.73 Å². The highest BCUT2D eigenvalue weighted by molar-refractivity contribution is 5.80. The number of aliphatic hydroxyl groups is 1. The Morgan fingerprint density at radius 1 is 1.50 bits per heavy atom. The number of rotatable bonds is 1. The number of aromatic amines is 1. The molecule has 1 unspecified atom stereocenters. The van der Waals surface area contributed by atoms with Gasteiger partial charge in [0, 0.05) is 5.56 Å². The van der Waals surface area contributed by atoms with Crippen molar-refractivity contribution in [3.05, 3.63) is 34.1 Å². The molecule has 6 nitrogen and oxygen atoms in total. The number of hydrogen-bond acceptors (Lipinski definition) is 5. The molecule has 4 N–H and O–H groups in total. The smallest absolute Gasteiger partial charge is 0.275 e. The van der Waals surface area contributed by atoms with Crippen LogP contribution in [-0.4, -0.2) is 20.5 Å². The zero-order valence-electron chi connectivity index (χ0n) is 7.14. The fraction of sp³-hybridized carbons (Fsp3) is 0.125. The number of aromatic nitrogens is 3. The Kier molecular flexibility index (Phi) is 1.99. The first kappa shape index (κ1) is 8.79. The van der Waals surface area contributed by atoms with Gasteiger partial charge in [-0.2, -0.15) is 0 Å². The molecule has 1 atom stereocenters. The Hall–Kier alpha value is -1.79. The molecule has 0 bridgehead atoms. The Balaban J connectivity index is 2.88. The summed E-state index contributed by atoms with van der Waals surface area (Å²) in [5, 5.41) is 18.9. The maximum absolute atomic E-state index is 11.3. The number of aliphatic hydroxyl groups excluding tert-OH is 1. The second-order valence-electron chi connectivity index (χ2n) is 2.83. The van der Waals surface area contributed by atoms with Crippen LogP contribution in [0.4, 0.5) is 0 Å². The molecule has 2 aromatic rings. The van der Waals surface area contributed by atoms with Crippen LogP contribution < -0.4 is 11.3 Å². The Morgan fingerprint density at radius 2 is 2.29 bits per heavy atom. The number of H-pyrrole nitrogens is 1. The van der Waals surface area contributed by atoms with Gasteiger partial charge in [0.1, 0.15) is 11.7 Å². The molecule has 2 rings (SSSR count). The van der Waals surface area contributed by atoms with Crippen molar-refractivity contribution < 1.29 is 5.11 Å². The maximum atomic E-state index is 11.3. The summed E-state index contributed by atoms with van der Waals surface area (Å²) in [7, 11) is 0. The lowest BCUT2D eigenvalue weighted by Gasteiger charge is -2.05. The van der Waals surface area contributed by atoms with Crippen LogP contribution >= 0.6 is 0 Å². The minimum absolute atomic E-state index is 0.325. The normalized spacial score (nSPS) is 13.0. The van der Waals surface area contributed by atoms with E-state index in [0.717, 1.165) is 0 Å². The van der Waals surface area contributed by atoms with Gasteiger partial charge in [-0.1, -0.05) is 17.3 Å². The molecule has 1 aromatic heterocycles. The first-order chi connectivity index (χ1) is 6.70. The SMILES string of the molecule is NC(O)c1cccc2c(=O)[nH]nnc12. The lowest BCUT2D eigenvalue weighted by Crippen LogP contribution is -2.14. The van der Waals surface area contributed by atoms with E-state index >= 15 is 0 Å². The van der Waals surface area contributed by atoms with E-state index in [1.165, 1.54) is 0 Å². The fourth-order valence-corrected chi connectivity index (χ4v) is 1.28. The minimum atomic E-state index is -1.16. The van der Waals surface area contributed by atoms with Crippen molar-refractivity contribution in [1.82, 2.24) is 15.4 Å². The van der Waals surface area contributed by atoms with E-state index in [9.17, 15) is 9.90 Å². The molecule has 0 aliphatic heterocycles. The molecule has 0 spiro atoms. The average Bonchev–Trinajstić information content (AvgIpc) is 2.17. The van der Waals surface area contributed by atoms with E-state index in [1.807, 2.05) is 0 Å². The van der Waals surface area contributed by atoms with Crippen LogP contribution in [-0.2, 0) is 0 Å². The van der Waals surface area contributed by atoms with Gasteiger partial charge in [-0.05, 0) is 6.07 Å². The number of benzene rings is 1. The van der Waals surface area contributed by atoms with Gasteiger partial charge in [-0.3, -0.25) is 4.79 Å². The molecule has 0 fully saturated rings.